The SMILES string of the molecule is COc1ccc(NCC(=O)NCc2ccccn2)cc1OC. The van der Waals surface area contributed by atoms with Crippen molar-refractivity contribution in [3.8, 4) is 11.5 Å². The summed E-state index contributed by atoms with van der Waals surface area (Å²) in [7, 11) is 3.15. The smallest absolute Gasteiger partial charge is 0.239 e. The number of aromatic nitrogens is 1. The Kier molecular flexibility index (Phi) is 5.59. The third-order valence-corrected chi connectivity index (χ3v) is 3.03. The summed E-state index contributed by atoms with van der Waals surface area (Å²) in [6.07, 6.45) is 1.70. The number of ether oxygens (including phenoxy) is 2. The molecule has 0 aliphatic heterocycles. The lowest BCUT2D eigenvalue weighted by Crippen LogP contribution is -2.29. The van der Waals surface area contributed by atoms with E-state index < -0.39 is 0 Å². The van der Waals surface area contributed by atoms with Crippen molar-refractivity contribution < 1.29 is 14.3 Å². The van der Waals surface area contributed by atoms with Crippen LogP contribution in [0.5, 0.6) is 11.5 Å². The predicted molar refractivity (Wildman–Crippen MR) is 84.1 cm³/mol. The van der Waals surface area contributed by atoms with Gasteiger partial charge in [0.2, 0.25) is 5.91 Å². The van der Waals surface area contributed by atoms with Crippen LogP contribution in [0.4, 0.5) is 5.69 Å². The summed E-state index contributed by atoms with van der Waals surface area (Å²) in [4.78, 5) is 16.0. The molecule has 0 fully saturated rings. The standard InChI is InChI=1S/C16H19N3O3/c1-21-14-7-6-12(9-15(14)22-2)18-11-16(20)19-10-13-5-3-4-8-17-13/h3-9,18H,10-11H2,1-2H3,(H,19,20). The number of rotatable bonds is 7. The average molecular weight is 301 g/mol. The van der Waals surface area contributed by atoms with Crippen LogP contribution in [0.2, 0.25) is 0 Å². The van der Waals surface area contributed by atoms with Gasteiger partial charge in [-0.2, -0.15) is 0 Å². The van der Waals surface area contributed by atoms with E-state index in [0.29, 0.717) is 18.0 Å². The van der Waals surface area contributed by atoms with Crippen molar-refractivity contribution in [1.29, 1.82) is 0 Å². The van der Waals surface area contributed by atoms with Crippen molar-refractivity contribution in [2.45, 2.75) is 6.54 Å². The topological polar surface area (TPSA) is 72.5 Å². The van der Waals surface area contributed by atoms with Crippen molar-refractivity contribution in [3.05, 3.63) is 48.3 Å². The van der Waals surface area contributed by atoms with E-state index >= 15 is 0 Å². The van der Waals surface area contributed by atoms with E-state index in [-0.39, 0.29) is 12.5 Å². The first-order valence-electron chi connectivity index (χ1n) is 6.85. The van der Waals surface area contributed by atoms with Crippen LogP contribution in [0.25, 0.3) is 0 Å². The molecule has 2 rings (SSSR count). The fraction of sp³-hybridized carbons (Fsp3) is 0.250. The fourth-order valence-corrected chi connectivity index (χ4v) is 1.88. The zero-order valence-electron chi connectivity index (χ0n) is 12.6. The molecule has 6 heteroatoms. The second-order valence-corrected chi connectivity index (χ2v) is 4.52. The minimum absolute atomic E-state index is 0.111. The van der Waals surface area contributed by atoms with Gasteiger partial charge in [-0.05, 0) is 24.3 Å². The number of carbonyl (C=O) groups is 1. The molecule has 2 aromatic rings. The number of benzene rings is 1. The van der Waals surface area contributed by atoms with Crippen molar-refractivity contribution in [2.75, 3.05) is 26.1 Å². The van der Waals surface area contributed by atoms with Crippen molar-refractivity contribution in [2.24, 2.45) is 0 Å². The first-order chi connectivity index (χ1) is 10.7. The van der Waals surface area contributed by atoms with Gasteiger partial charge in [-0.15, -0.1) is 0 Å². The number of carbonyl (C=O) groups excluding carboxylic acids is 1. The van der Waals surface area contributed by atoms with Gasteiger partial charge in [-0.1, -0.05) is 6.07 Å². The van der Waals surface area contributed by atoms with E-state index in [1.165, 1.54) is 0 Å². The van der Waals surface area contributed by atoms with Crippen LogP contribution in [-0.2, 0) is 11.3 Å². The van der Waals surface area contributed by atoms with E-state index in [9.17, 15) is 4.79 Å². The largest absolute Gasteiger partial charge is 0.493 e. The van der Waals surface area contributed by atoms with Gasteiger partial charge >= 0.3 is 0 Å². The summed E-state index contributed by atoms with van der Waals surface area (Å²) < 4.78 is 10.4. The quantitative estimate of drug-likeness (QED) is 0.816. The number of pyridine rings is 1. The Morgan fingerprint density at radius 3 is 2.64 bits per heavy atom. The highest BCUT2D eigenvalue weighted by Gasteiger charge is 2.06. The molecule has 1 amide bonds. The van der Waals surface area contributed by atoms with Crippen molar-refractivity contribution in [1.82, 2.24) is 10.3 Å². The van der Waals surface area contributed by atoms with E-state index in [1.54, 1.807) is 32.5 Å². The maximum Gasteiger partial charge on any atom is 0.239 e. The summed E-state index contributed by atoms with van der Waals surface area (Å²) in [6, 6.07) is 11.0. The Bertz CT molecular complexity index is 617. The molecule has 0 unspecified atom stereocenters. The fourth-order valence-electron chi connectivity index (χ4n) is 1.88. The minimum atomic E-state index is -0.111. The van der Waals surface area contributed by atoms with Gasteiger partial charge in [0.1, 0.15) is 0 Å². The summed E-state index contributed by atoms with van der Waals surface area (Å²) in [5.74, 6) is 1.15. The molecule has 0 saturated heterocycles. The Labute approximate surface area is 129 Å². The van der Waals surface area contributed by atoms with Crippen LogP contribution < -0.4 is 20.1 Å². The molecular weight excluding hydrogens is 282 g/mol. The van der Waals surface area contributed by atoms with Gasteiger partial charge in [0.15, 0.2) is 11.5 Å². The molecule has 1 aromatic carbocycles. The lowest BCUT2D eigenvalue weighted by atomic mass is 10.2. The summed E-state index contributed by atoms with van der Waals surface area (Å²) in [5.41, 5.74) is 1.60. The molecule has 0 saturated carbocycles. The zero-order valence-corrected chi connectivity index (χ0v) is 12.6. The molecule has 6 nitrogen and oxygen atoms in total. The second kappa shape index (κ2) is 7.87. The lowest BCUT2D eigenvalue weighted by Gasteiger charge is -2.11. The second-order valence-electron chi connectivity index (χ2n) is 4.52. The highest BCUT2D eigenvalue weighted by atomic mass is 16.5. The predicted octanol–water partition coefficient (Wildman–Crippen LogP) is 1.83. The van der Waals surface area contributed by atoms with Crippen LogP contribution in [0.3, 0.4) is 0 Å². The number of amides is 1. The molecule has 1 heterocycles. The van der Waals surface area contributed by atoms with Gasteiger partial charge in [-0.3, -0.25) is 9.78 Å². The van der Waals surface area contributed by atoms with Gasteiger partial charge in [0.25, 0.3) is 0 Å². The molecule has 116 valence electrons. The maximum absolute atomic E-state index is 11.8. The van der Waals surface area contributed by atoms with E-state index in [1.807, 2.05) is 24.3 Å². The number of hydrogen-bond acceptors (Lipinski definition) is 5. The molecule has 0 spiro atoms. The third-order valence-electron chi connectivity index (χ3n) is 3.03. The highest BCUT2D eigenvalue weighted by molar-refractivity contribution is 5.80. The van der Waals surface area contributed by atoms with E-state index in [4.69, 9.17) is 9.47 Å². The van der Waals surface area contributed by atoms with Gasteiger partial charge < -0.3 is 20.1 Å². The molecule has 0 aliphatic carbocycles. The lowest BCUT2D eigenvalue weighted by molar-refractivity contribution is -0.119. The number of nitrogens with zero attached hydrogens (tertiary/aromatic N) is 1. The van der Waals surface area contributed by atoms with Crippen LogP contribution in [0, 0.1) is 0 Å². The van der Waals surface area contributed by atoms with Crippen molar-refractivity contribution in [3.63, 3.8) is 0 Å². The summed E-state index contributed by atoms with van der Waals surface area (Å²) in [6.45, 7) is 0.579. The number of nitrogens with one attached hydrogen (secondary N) is 2. The van der Waals surface area contributed by atoms with Gasteiger partial charge in [0, 0.05) is 18.0 Å². The van der Waals surface area contributed by atoms with Gasteiger partial charge in [-0.25, -0.2) is 0 Å². The summed E-state index contributed by atoms with van der Waals surface area (Å²) >= 11 is 0. The molecule has 2 N–H and O–H groups in total. The first-order valence-corrected chi connectivity index (χ1v) is 6.85. The van der Waals surface area contributed by atoms with E-state index in [2.05, 4.69) is 15.6 Å². The van der Waals surface area contributed by atoms with Crippen molar-refractivity contribution >= 4 is 11.6 Å². The number of hydrogen-bond donors (Lipinski definition) is 2. The molecule has 0 radical (unpaired) electrons. The molecule has 0 aliphatic rings. The highest BCUT2D eigenvalue weighted by Crippen LogP contribution is 2.29. The van der Waals surface area contributed by atoms with Crippen LogP contribution in [0.15, 0.2) is 42.6 Å². The molecule has 22 heavy (non-hydrogen) atoms. The average Bonchev–Trinajstić information content (AvgIpc) is 2.58. The minimum Gasteiger partial charge on any atom is -0.493 e. The van der Waals surface area contributed by atoms with Crippen LogP contribution >= 0.6 is 0 Å². The molecular formula is C16H19N3O3. The summed E-state index contributed by atoms with van der Waals surface area (Å²) in [5, 5.41) is 5.84. The Morgan fingerprint density at radius 2 is 1.95 bits per heavy atom. The third kappa shape index (κ3) is 4.37. The Morgan fingerprint density at radius 1 is 1.14 bits per heavy atom. The number of methoxy groups -OCH3 is 2. The van der Waals surface area contributed by atoms with Gasteiger partial charge in [0.05, 0.1) is 33.0 Å². The Hall–Kier alpha value is -2.76. The maximum atomic E-state index is 11.8. The first kappa shape index (κ1) is 15.6. The molecule has 0 bridgehead atoms. The monoisotopic (exact) mass is 301 g/mol. The van der Waals surface area contributed by atoms with Crippen LogP contribution in [0.1, 0.15) is 5.69 Å². The van der Waals surface area contributed by atoms with E-state index in [0.717, 1.165) is 11.4 Å². The molecule has 1 aromatic heterocycles. The normalized spacial score (nSPS) is 9.91. The molecule has 0 atom stereocenters. The number of anilines is 1. The van der Waals surface area contributed by atoms with Crippen LogP contribution in [-0.4, -0.2) is 31.7 Å². The zero-order chi connectivity index (χ0) is 15.8. The Balaban J connectivity index is 1.83.